The van der Waals surface area contributed by atoms with Crippen LogP contribution in [0.25, 0.3) is 6.08 Å². The van der Waals surface area contributed by atoms with E-state index in [0.29, 0.717) is 10.0 Å². The van der Waals surface area contributed by atoms with Crippen molar-refractivity contribution in [1.82, 2.24) is 0 Å². The van der Waals surface area contributed by atoms with Crippen molar-refractivity contribution in [2.45, 2.75) is 12.8 Å². The number of hydrogen-bond donors (Lipinski definition) is 0. The highest BCUT2D eigenvalue weighted by Gasteiger charge is 2.10. The zero-order valence-corrected chi connectivity index (χ0v) is 7.99. The maximum Gasteiger partial charge on any atom is 0.0598 e. The molecule has 0 spiro atoms. The highest BCUT2D eigenvalue weighted by molar-refractivity contribution is 6.42. The van der Waals surface area contributed by atoms with E-state index >= 15 is 0 Å². The molecule has 0 atom stereocenters. The summed E-state index contributed by atoms with van der Waals surface area (Å²) in [6, 6.07) is 5.72. The molecule has 0 aromatic heterocycles. The number of benzene rings is 1. The van der Waals surface area contributed by atoms with Crippen LogP contribution in [0.3, 0.4) is 0 Å². The summed E-state index contributed by atoms with van der Waals surface area (Å²) in [5, 5.41) is 1.25. The molecule has 0 amide bonds. The lowest BCUT2D eigenvalue weighted by Gasteiger charge is -1.96. The molecule has 0 saturated heterocycles. The summed E-state index contributed by atoms with van der Waals surface area (Å²) in [5.74, 6) is 0. The second-order valence-electron chi connectivity index (χ2n) is 2.98. The summed E-state index contributed by atoms with van der Waals surface area (Å²) in [4.78, 5) is 0. The smallest absolute Gasteiger partial charge is 0.0598 e. The molecule has 2 heteroatoms. The molecule has 2 rings (SSSR count). The summed E-state index contributed by atoms with van der Waals surface area (Å²) in [5.41, 5.74) is 2.64. The first-order valence-corrected chi connectivity index (χ1v) is 4.66. The first kappa shape index (κ1) is 8.15. The van der Waals surface area contributed by atoms with Crippen LogP contribution in [0.4, 0.5) is 0 Å². The van der Waals surface area contributed by atoms with E-state index in [1.165, 1.54) is 18.4 Å². The molecule has 1 aromatic carbocycles. The maximum absolute atomic E-state index is 5.86. The number of rotatable bonds is 1. The van der Waals surface area contributed by atoms with Crippen LogP contribution in [0.15, 0.2) is 23.8 Å². The third-order valence-electron chi connectivity index (χ3n) is 1.85. The molecule has 0 N–H and O–H groups in total. The van der Waals surface area contributed by atoms with Gasteiger partial charge in [0.2, 0.25) is 0 Å². The first-order valence-electron chi connectivity index (χ1n) is 3.90. The van der Waals surface area contributed by atoms with Crippen molar-refractivity contribution in [2.24, 2.45) is 0 Å². The minimum absolute atomic E-state index is 0.620. The fourth-order valence-electron chi connectivity index (χ4n) is 1.05. The Hall–Kier alpha value is -0.460. The van der Waals surface area contributed by atoms with Gasteiger partial charge in [-0.05, 0) is 30.5 Å². The molecular weight excluding hydrogens is 191 g/mol. The number of allylic oxidation sites excluding steroid dienone is 1. The molecule has 1 aliphatic rings. The van der Waals surface area contributed by atoms with E-state index in [2.05, 4.69) is 6.08 Å². The Balaban J connectivity index is 2.33. The van der Waals surface area contributed by atoms with E-state index in [9.17, 15) is 0 Å². The summed E-state index contributed by atoms with van der Waals surface area (Å²) in [6.45, 7) is 0. The van der Waals surface area contributed by atoms with Gasteiger partial charge in [-0.25, -0.2) is 0 Å². The van der Waals surface area contributed by atoms with Gasteiger partial charge in [-0.1, -0.05) is 40.9 Å². The van der Waals surface area contributed by atoms with Crippen molar-refractivity contribution in [3.63, 3.8) is 0 Å². The van der Waals surface area contributed by atoms with Gasteiger partial charge in [-0.2, -0.15) is 0 Å². The van der Waals surface area contributed by atoms with E-state index < -0.39 is 0 Å². The van der Waals surface area contributed by atoms with E-state index in [4.69, 9.17) is 23.2 Å². The average Bonchev–Trinajstić information content (AvgIpc) is 2.81. The Bertz CT molecular complexity index is 334. The lowest BCUT2D eigenvalue weighted by molar-refractivity contribution is 1.50. The van der Waals surface area contributed by atoms with E-state index in [1.54, 1.807) is 0 Å². The minimum atomic E-state index is 0.620. The van der Waals surface area contributed by atoms with Crippen molar-refractivity contribution < 1.29 is 0 Å². The minimum Gasteiger partial charge on any atom is -0.0827 e. The number of hydrogen-bond acceptors (Lipinski definition) is 0. The third-order valence-corrected chi connectivity index (χ3v) is 2.59. The summed E-state index contributed by atoms with van der Waals surface area (Å²) in [6.07, 6.45) is 4.64. The Morgan fingerprint density at radius 2 is 1.83 bits per heavy atom. The van der Waals surface area contributed by atoms with Crippen molar-refractivity contribution in [2.75, 3.05) is 0 Å². The Morgan fingerprint density at radius 3 is 2.42 bits per heavy atom. The molecule has 12 heavy (non-hydrogen) atoms. The molecule has 62 valence electrons. The van der Waals surface area contributed by atoms with Crippen LogP contribution < -0.4 is 0 Å². The molecule has 1 saturated carbocycles. The first-order chi connectivity index (χ1) is 5.75. The predicted octanol–water partition coefficient (Wildman–Crippen LogP) is 4.17. The molecule has 0 heterocycles. The predicted molar refractivity (Wildman–Crippen MR) is 53.7 cm³/mol. The van der Waals surface area contributed by atoms with Crippen LogP contribution in [-0.2, 0) is 0 Å². The van der Waals surface area contributed by atoms with Crippen LogP contribution >= 0.6 is 23.2 Å². The molecule has 1 aromatic rings. The van der Waals surface area contributed by atoms with Crippen LogP contribution in [0, 0.1) is 0 Å². The third kappa shape index (κ3) is 1.82. The second kappa shape index (κ2) is 3.12. The van der Waals surface area contributed by atoms with Gasteiger partial charge >= 0.3 is 0 Å². The van der Waals surface area contributed by atoms with Gasteiger partial charge in [-0.15, -0.1) is 0 Å². The maximum atomic E-state index is 5.86. The van der Waals surface area contributed by atoms with Gasteiger partial charge in [0, 0.05) is 0 Å². The molecule has 0 aliphatic heterocycles. The summed E-state index contributed by atoms with van der Waals surface area (Å²) < 4.78 is 0. The zero-order chi connectivity index (χ0) is 8.55. The largest absolute Gasteiger partial charge is 0.0827 e. The van der Waals surface area contributed by atoms with Crippen LogP contribution in [0.5, 0.6) is 0 Å². The highest BCUT2D eigenvalue weighted by Crippen LogP contribution is 2.31. The molecular formula is C10H8Cl2. The van der Waals surface area contributed by atoms with Gasteiger partial charge in [0.15, 0.2) is 0 Å². The normalized spacial score (nSPS) is 14.7. The van der Waals surface area contributed by atoms with Gasteiger partial charge in [0.25, 0.3) is 0 Å². The molecule has 0 unspecified atom stereocenters. The fourth-order valence-corrected chi connectivity index (χ4v) is 1.36. The van der Waals surface area contributed by atoms with Crippen molar-refractivity contribution in [3.8, 4) is 0 Å². The quantitative estimate of drug-likeness (QED) is 0.636. The van der Waals surface area contributed by atoms with E-state index in [0.717, 1.165) is 5.56 Å². The molecule has 0 radical (unpaired) electrons. The zero-order valence-electron chi connectivity index (χ0n) is 6.48. The van der Waals surface area contributed by atoms with Crippen molar-refractivity contribution in [1.29, 1.82) is 0 Å². The van der Waals surface area contributed by atoms with Crippen molar-refractivity contribution >= 4 is 29.3 Å². The van der Waals surface area contributed by atoms with Crippen LogP contribution in [0.2, 0.25) is 10.0 Å². The second-order valence-corrected chi connectivity index (χ2v) is 3.79. The van der Waals surface area contributed by atoms with Crippen LogP contribution in [-0.4, -0.2) is 0 Å². The highest BCUT2D eigenvalue weighted by atomic mass is 35.5. The van der Waals surface area contributed by atoms with E-state index in [-0.39, 0.29) is 0 Å². The number of halogens is 2. The average molecular weight is 199 g/mol. The van der Waals surface area contributed by atoms with E-state index in [1.807, 2.05) is 18.2 Å². The molecule has 1 fully saturated rings. The lowest BCUT2D eigenvalue weighted by atomic mass is 10.2. The topological polar surface area (TPSA) is 0 Å². The lowest BCUT2D eigenvalue weighted by Crippen LogP contribution is -1.72. The summed E-state index contributed by atoms with van der Waals surface area (Å²) in [7, 11) is 0. The standard InChI is InChI=1S/C10H8Cl2/c11-9-4-3-8(6-10(9)12)5-7-1-2-7/h3-6H,1-2H2. The Labute approximate surface area is 81.8 Å². The summed E-state index contributed by atoms with van der Waals surface area (Å²) >= 11 is 11.6. The SMILES string of the molecule is Clc1ccc(C=C2CC2)cc1Cl. The monoisotopic (exact) mass is 198 g/mol. The van der Waals surface area contributed by atoms with Crippen LogP contribution in [0.1, 0.15) is 18.4 Å². The fraction of sp³-hybridized carbons (Fsp3) is 0.200. The molecule has 0 nitrogen and oxygen atoms in total. The van der Waals surface area contributed by atoms with Crippen molar-refractivity contribution in [3.05, 3.63) is 39.4 Å². The van der Waals surface area contributed by atoms with Gasteiger partial charge in [0.05, 0.1) is 10.0 Å². The Kier molecular flexibility index (Phi) is 2.12. The van der Waals surface area contributed by atoms with Gasteiger partial charge in [0.1, 0.15) is 0 Å². The molecule has 1 aliphatic carbocycles. The Morgan fingerprint density at radius 1 is 1.08 bits per heavy atom. The van der Waals surface area contributed by atoms with Gasteiger partial charge < -0.3 is 0 Å². The van der Waals surface area contributed by atoms with Gasteiger partial charge in [-0.3, -0.25) is 0 Å². The molecule has 0 bridgehead atoms.